The fourth-order valence-electron chi connectivity index (χ4n) is 2.87. The Bertz CT molecular complexity index is 852. The molecule has 122 valence electrons. The molecule has 5 heteroatoms. The third-order valence-electron chi connectivity index (χ3n) is 4.14. The Hall–Kier alpha value is -2.95. The first kappa shape index (κ1) is 14.6. The van der Waals surface area contributed by atoms with Crippen molar-refractivity contribution in [1.29, 1.82) is 0 Å². The first-order valence-corrected chi connectivity index (χ1v) is 8.00. The van der Waals surface area contributed by atoms with Gasteiger partial charge in [-0.25, -0.2) is 0 Å². The molecule has 0 saturated heterocycles. The zero-order valence-electron chi connectivity index (χ0n) is 13.2. The minimum absolute atomic E-state index is 0.0336. The highest BCUT2D eigenvalue weighted by Crippen LogP contribution is 2.32. The summed E-state index contributed by atoms with van der Waals surface area (Å²) < 4.78 is 10.6. The highest BCUT2D eigenvalue weighted by molar-refractivity contribution is 5.80. The van der Waals surface area contributed by atoms with Crippen LogP contribution in [0.5, 0.6) is 11.5 Å². The van der Waals surface area contributed by atoms with Gasteiger partial charge >= 0.3 is 0 Å². The van der Waals surface area contributed by atoms with Crippen molar-refractivity contribution >= 4 is 16.8 Å². The molecule has 0 unspecified atom stereocenters. The van der Waals surface area contributed by atoms with Crippen LogP contribution >= 0.6 is 0 Å². The predicted octanol–water partition coefficient (Wildman–Crippen LogP) is 3.15. The molecule has 1 aliphatic rings. The Morgan fingerprint density at radius 3 is 2.88 bits per heavy atom. The number of ether oxygens (including phenoxy) is 2. The van der Waals surface area contributed by atoms with Gasteiger partial charge in [-0.1, -0.05) is 24.3 Å². The summed E-state index contributed by atoms with van der Waals surface area (Å²) in [7, 11) is 0. The fraction of sp³-hybridized carbons (Fsp3) is 0.211. The average Bonchev–Trinajstić information content (AvgIpc) is 3.23. The van der Waals surface area contributed by atoms with Crippen LogP contribution in [-0.4, -0.2) is 17.7 Å². The van der Waals surface area contributed by atoms with E-state index in [0.717, 1.165) is 33.7 Å². The summed E-state index contributed by atoms with van der Waals surface area (Å²) in [4.78, 5) is 15.4. The number of hydrogen-bond donors (Lipinski definition) is 2. The van der Waals surface area contributed by atoms with Gasteiger partial charge in [0, 0.05) is 17.6 Å². The van der Waals surface area contributed by atoms with E-state index in [4.69, 9.17) is 9.47 Å². The van der Waals surface area contributed by atoms with Gasteiger partial charge in [0.15, 0.2) is 11.5 Å². The summed E-state index contributed by atoms with van der Waals surface area (Å²) in [6.07, 6.45) is 1.12. The number of benzene rings is 2. The van der Waals surface area contributed by atoms with Crippen molar-refractivity contribution in [3.8, 4) is 11.5 Å². The Morgan fingerprint density at radius 1 is 1.08 bits per heavy atom. The molecule has 0 aliphatic carbocycles. The second-order valence-electron chi connectivity index (χ2n) is 5.85. The van der Waals surface area contributed by atoms with Gasteiger partial charge in [-0.15, -0.1) is 0 Å². The molecule has 0 saturated carbocycles. The highest BCUT2D eigenvalue weighted by Gasteiger charge is 2.13. The quantitative estimate of drug-likeness (QED) is 0.758. The zero-order valence-corrected chi connectivity index (χ0v) is 13.2. The third-order valence-corrected chi connectivity index (χ3v) is 4.14. The van der Waals surface area contributed by atoms with E-state index in [2.05, 4.69) is 22.4 Å². The lowest BCUT2D eigenvalue weighted by Crippen LogP contribution is -2.23. The smallest absolute Gasteiger partial charge is 0.231 e. The molecule has 0 fully saturated rings. The zero-order chi connectivity index (χ0) is 16.4. The number of aryl methyl sites for hydroxylation is 1. The van der Waals surface area contributed by atoms with Gasteiger partial charge in [-0.05, 0) is 41.6 Å². The molecule has 4 rings (SSSR count). The Morgan fingerprint density at radius 2 is 1.96 bits per heavy atom. The Kier molecular flexibility index (Phi) is 3.83. The van der Waals surface area contributed by atoms with Crippen molar-refractivity contribution in [3.05, 3.63) is 59.8 Å². The number of carbonyl (C=O) groups excluding carboxylic acids is 1. The molecule has 2 heterocycles. The lowest BCUT2D eigenvalue weighted by molar-refractivity contribution is -0.121. The fourth-order valence-corrected chi connectivity index (χ4v) is 2.87. The van der Waals surface area contributed by atoms with Crippen molar-refractivity contribution in [2.24, 2.45) is 0 Å². The number of H-pyrrole nitrogens is 1. The van der Waals surface area contributed by atoms with Crippen LogP contribution in [0.15, 0.2) is 48.5 Å². The molecule has 24 heavy (non-hydrogen) atoms. The number of fused-ring (bicyclic) bond motifs is 2. The van der Waals surface area contributed by atoms with Crippen molar-refractivity contribution in [1.82, 2.24) is 10.3 Å². The minimum atomic E-state index is 0.0336. The Labute approximate surface area is 139 Å². The summed E-state index contributed by atoms with van der Waals surface area (Å²) in [5.41, 5.74) is 3.16. The topological polar surface area (TPSA) is 63.4 Å². The van der Waals surface area contributed by atoms with Gasteiger partial charge in [0.2, 0.25) is 12.7 Å². The molecule has 2 aromatic carbocycles. The molecule has 5 nitrogen and oxygen atoms in total. The van der Waals surface area contributed by atoms with Crippen molar-refractivity contribution < 1.29 is 14.3 Å². The van der Waals surface area contributed by atoms with Gasteiger partial charge < -0.3 is 19.8 Å². The second-order valence-corrected chi connectivity index (χ2v) is 5.85. The van der Waals surface area contributed by atoms with Gasteiger partial charge in [0.1, 0.15) is 0 Å². The number of rotatable bonds is 5. The molecule has 0 spiro atoms. The summed E-state index contributed by atoms with van der Waals surface area (Å²) in [6.45, 7) is 0.776. The van der Waals surface area contributed by atoms with Crippen LogP contribution in [0.4, 0.5) is 0 Å². The molecule has 2 N–H and O–H groups in total. The molecule has 3 aromatic rings. The van der Waals surface area contributed by atoms with Gasteiger partial charge in [0.05, 0.1) is 6.54 Å². The summed E-state index contributed by atoms with van der Waals surface area (Å²) >= 11 is 0. The van der Waals surface area contributed by atoms with Crippen LogP contribution in [0.1, 0.15) is 17.7 Å². The third kappa shape index (κ3) is 3.06. The van der Waals surface area contributed by atoms with E-state index >= 15 is 0 Å². The lowest BCUT2D eigenvalue weighted by Gasteiger charge is -2.05. The van der Waals surface area contributed by atoms with Crippen LogP contribution in [0.3, 0.4) is 0 Å². The maximum absolute atomic E-state index is 12.1. The highest BCUT2D eigenvalue weighted by atomic mass is 16.7. The first-order chi connectivity index (χ1) is 11.8. The number of hydrogen-bond acceptors (Lipinski definition) is 3. The van der Waals surface area contributed by atoms with E-state index in [9.17, 15) is 4.79 Å². The number of carbonyl (C=O) groups is 1. The number of aromatic nitrogens is 1. The summed E-state index contributed by atoms with van der Waals surface area (Å²) in [5, 5.41) is 4.11. The lowest BCUT2D eigenvalue weighted by atomic mass is 10.1. The van der Waals surface area contributed by atoms with E-state index in [-0.39, 0.29) is 12.7 Å². The molecule has 1 amide bonds. The second kappa shape index (κ2) is 6.28. The van der Waals surface area contributed by atoms with E-state index in [1.165, 1.54) is 0 Å². The van der Waals surface area contributed by atoms with Crippen molar-refractivity contribution in [2.75, 3.05) is 6.79 Å². The van der Waals surface area contributed by atoms with Gasteiger partial charge in [-0.3, -0.25) is 4.79 Å². The molecule has 0 radical (unpaired) electrons. The van der Waals surface area contributed by atoms with Crippen molar-refractivity contribution in [3.63, 3.8) is 0 Å². The standard InChI is InChI=1S/C19H18N2O3/c22-19(8-6-13-5-7-17-18(9-13)24-12-23-17)20-11-15-10-14-3-1-2-4-16(14)21-15/h1-5,7,9-10,21H,6,8,11-12H2,(H,20,22). The maximum atomic E-state index is 12.1. The molecule has 0 bridgehead atoms. The van der Waals surface area contributed by atoms with Crippen LogP contribution in [0.2, 0.25) is 0 Å². The number of para-hydroxylation sites is 1. The van der Waals surface area contributed by atoms with Crippen LogP contribution in [0.25, 0.3) is 10.9 Å². The average molecular weight is 322 g/mol. The number of amides is 1. The maximum Gasteiger partial charge on any atom is 0.231 e. The van der Waals surface area contributed by atoms with Gasteiger partial charge in [-0.2, -0.15) is 0 Å². The van der Waals surface area contributed by atoms with E-state index < -0.39 is 0 Å². The van der Waals surface area contributed by atoms with E-state index in [1.54, 1.807) is 0 Å². The molecular formula is C19H18N2O3. The van der Waals surface area contributed by atoms with Crippen LogP contribution in [-0.2, 0) is 17.8 Å². The predicted molar refractivity (Wildman–Crippen MR) is 91.0 cm³/mol. The van der Waals surface area contributed by atoms with Gasteiger partial charge in [0.25, 0.3) is 0 Å². The number of nitrogens with one attached hydrogen (secondary N) is 2. The Balaban J connectivity index is 1.30. The van der Waals surface area contributed by atoms with Crippen LogP contribution < -0.4 is 14.8 Å². The normalized spacial score (nSPS) is 12.5. The summed E-state index contributed by atoms with van der Waals surface area (Å²) in [6, 6.07) is 15.9. The molecule has 1 aromatic heterocycles. The SMILES string of the molecule is O=C(CCc1ccc2c(c1)OCO2)NCc1cc2ccccc2[nH]1. The molecule has 0 atom stereocenters. The molecule has 1 aliphatic heterocycles. The van der Waals surface area contributed by atoms with E-state index in [1.807, 2.05) is 36.4 Å². The monoisotopic (exact) mass is 322 g/mol. The molecular weight excluding hydrogens is 304 g/mol. The number of aromatic amines is 1. The van der Waals surface area contributed by atoms with E-state index in [0.29, 0.717) is 19.4 Å². The largest absolute Gasteiger partial charge is 0.454 e. The first-order valence-electron chi connectivity index (χ1n) is 8.00. The van der Waals surface area contributed by atoms with Crippen molar-refractivity contribution in [2.45, 2.75) is 19.4 Å². The summed E-state index contributed by atoms with van der Waals surface area (Å²) in [5.74, 6) is 1.55. The van der Waals surface area contributed by atoms with Crippen LogP contribution in [0, 0.1) is 0 Å². The minimum Gasteiger partial charge on any atom is -0.454 e.